The molecule has 0 spiro atoms. The van der Waals surface area contributed by atoms with Crippen molar-refractivity contribution in [3.63, 3.8) is 0 Å². The molecule has 4 aromatic heterocycles. The highest BCUT2D eigenvalue weighted by atomic mass is 32.2. The number of aliphatic hydroxyl groups excluding tert-OH is 1. The highest BCUT2D eigenvalue weighted by molar-refractivity contribution is 7.90. The van der Waals surface area contributed by atoms with Gasteiger partial charge >= 0.3 is 0 Å². The van der Waals surface area contributed by atoms with Crippen molar-refractivity contribution in [3.8, 4) is 23.2 Å². The number of hydrogen-bond acceptors (Lipinski definition) is 13. The van der Waals surface area contributed by atoms with Crippen molar-refractivity contribution in [1.82, 2.24) is 34.0 Å². The van der Waals surface area contributed by atoms with Gasteiger partial charge in [0.2, 0.25) is 0 Å². The minimum atomic E-state index is -3.48. The Hall–Kier alpha value is -3.94. The third-order valence-corrected chi connectivity index (χ3v) is 11.8. The lowest BCUT2D eigenvalue weighted by atomic mass is 9.81. The predicted octanol–water partition coefficient (Wildman–Crippen LogP) is 3.11. The molecule has 15 heteroatoms. The third kappa shape index (κ3) is 7.31. The van der Waals surface area contributed by atoms with Gasteiger partial charge in [-0.25, -0.2) is 28.4 Å². The molecule has 7 rings (SSSR count). The van der Waals surface area contributed by atoms with Crippen LogP contribution in [0.4, 0.5) is 17.3 Å². The standard InChI is InChI=1S/C32H37N9O4S2/c1-32(22-42)7-10-40(11-8-32)27-16-29(34-17-23(27)2-3-25-19-35-30(46-25)21-39-12-14-45-15-13-39)37-28-6-9-33-31(38-28)24-18-36-41(20-24)47(43,44)26-4-5-26/h6,9,16-20,26,42H,4-5,7-8,10-15,21-22H2,1H3,(H,33,34,37,38). The number of ether oxygens (including phenoxy) is 1. The lowest BCUT2D eigenvalue weighted by molar-refractivity contribution is 0.0341. The summed E-state index contributed by atoms with van der Waals surface area (Å²) in [4.78, 5) is 23.8. The first kappa shape index (κ1) is 31.6. The second-order valence-corrected chi connectivity index (χ2v) is 15.7. The summed E-state index contributed by atoms with van der Waals surface area (Å²) in [5.41, 5.74) is 2.17. The molecule has 4 aromatic rings. The molecule has 0 unspecified atom stereocenters. The average molecular weight is 676 g/mol. The molecule has 0 radical (unpaired) electrons. The zero-order valence-electron chi connectivity index (χ0n) is 26.2. The fourth-order valence-electron chi connectivity index (χ4n) is 5.61. The Morgan fingerprint density at radius 1 is 1.06 bits per heavy atom. The molecule has 2 saturated heterocycles. The molecule has 0 amide bonds. The van der Waals surface area contributed by atoms with Crippen molar-refractivity contribution in [2.24, 2.45) is 5.41 Å². The molecule has 13 nitrogen and oxygen atoms in total. The van der Waals surface area contributed by atoms with Crippen LogP contribution in [0.3, 0.4) is 0 Å². The van der Waals surface area contributed by atoms with Gasteiger partial charge in [-0.15, -0.1) is 11.3 Å². The number of thiazole rings is 1. The SMILES string of the molecule is CC1(CO)CCN(c2cc(Nc3ccnc(-c4cnn(S(=O)(=O)C5CC5)c4)n3)ncc2C#Cc2cnc(CN3CCOCC3)s2)CC1. The highest BCUT2D eigenvalue weighted by Crippen LogP contribution is 2.35. The van der Waals surface area contributed by atoms with E-state index in [0.717, 1.165) is 84.0 Å². The smallest absolute Gasteiger partial charge is 0.256 e. The molecule has 1 saturated carbocycles. The lowest BCUT2D eigenvalue weighted by Gasteiger charge is -2.39. The van der Waals surface area contributed by atoms with Crippen LogP contribution >= 0.6 is 11.3 Å². The molecule has 0 aromatic carbocycles. The van der Waals surface area contributed by atoms with Gasteiger partial charge in [-0.3, -0.25) is 4.90 Å². The monoisotopic (exact) mass is 675 g/mol. The molecule has 2 N–H and O–H groups in total. The van der Waals surface area contributed by atoms with E-state index in [0.29, 0.717) is 35.9 Å². The number of piperidine rings is 1. The van der Waals surface area contributed by atoms with Crippen LogP contribution in [0, 0.1) is 17.3 Å². The van der Waals surface area contributed by atoms with Crippen LogP contribution in [0.15, 0.2) is 43.1 Å². The molecular weight excluding hydrogens is 639 g/mol. The molecule has 246 valence electrons. The number of hydrogen-bond donors (Lipinski definition) is 2. The second-order valence-electron chi connectivity index (χ2n) is 12.5. The zero-order chi connectivity index (χ0) is 32.4. The summed E-state index contributed by atoms with van der Waals surface area (Å²) in [6.07, 6.45) is 11.2. The van der Waals surface area contributed by atoms with E-state index in [-0.39, 0.29) is 17.3 Å². The van der Waals surface area contributed by atoms with Gasteiger partial charge in [0.25, 0.3) is 10.0 Å². The molecule has 2 aliphatic heterocycles. The summed E-state index contributed by atoms with van der Waals surface area (Å²) < 4.78 is 31.7. The van der Waals surface area contributed by atoms with Crippen molar-refractivity contribution >= 4 is 38.7 Å². The van der Waals surface area contributed by atoms with E-state index < -0.39 is 10.0 Å². The van der Waals surface area contributed by atoms with E-state index >= 15 is 0 Å². The fourth-order valence-corrected chi connectivity index (χ4v) is 7.90. The van der Waals surface area contributed by atoms with E-state index in [1.807, 2.05) is 12.3 Å². The number of nitrogens with one attached hydrogen (secondary N) is 1. The van der Waals surface area contributed by atoms with Crippen molar-refractivity contribution in [3.05, 3.63) is 58.6 Å². The van der Waals surface area contributed by atoms with E-state index in [4.69, 9.17) is 4.74 Å². The van der Waals surface area contributed by atoms with Crippen LogP contribution in [0.5, 0.6) is 0 Å². The van der Waals surface area contributed by atoms with Crippen LogP contribution in [0.2, 0.25) is 0 Å². The van der Waals surface area contributed by atoms with E-state index in [1.54, 1.807) is 29.8 Å². The summed E-state index contributed by atoms with van der Waals surface area (Å²) in [6.45, 7) is 7.98. The van der Waals surface area contributed by atoms with Gasteiger partial charge in [-0.1, -0.05) is 12.8 Å². The molecule has 1 aliphatic carbocycles. The number of nitrogens with zero attached hydrogens (tertiary/aromatic N) is 8. The molecule has 6 heterocycles. The highest BCUT2D eigenvalue weighted by Gasteiger charge is 2.37. The molecule has 3 fully saturated rings. The van der Waals surface area contributed by atoms with Crippen LogP contribution in [0.25, 0.3) is 11.4 Å². The lowest BCUT2D eigenvalue weighted by Crippen LogP contribution is -2.40. The predicted molar refractivity (Wildman–Crippen MR) is 179 cm³/mol. The average Bonchev–Trinajstić information content (AvgIpc) is 3.67. The first-order valence-electron chi connectivity index (χ1n) is 15.8. The van der Waals surface area contributed by atoms with Crippen molar-refractivity contribution in [2.75, 3.05) is 56.2 Å². The Bertz CT molecular complexity index is 1900. The van der Waals surface area contributed by atoms with E-state index in [1.165, 1.54) is 12.4 Å². The first-order chi connectivity index (χ1) is 22.8. The summed E-state index contributed by atoms with van der Waals surface area (Å²) in [5.74, 6) is 8.10. The van der Waals surface area contributed by atoms with Crippen molar-refractivity contribution in [1.29, 1.82) is 0 Å². The zero-order valence-corrected chi connectivity index (χ0v) is 27.8. The Kier molecular flexibility index (Phi) is 8.95. The number of anilines is 3. The Morgan fingerprint density at radius 3 is 2.64 bits per heavy atom. The van der Waals surface area contributed by atoms with Crippen LogP contribution in [0.1, 0.15) is 48.1 Å². The number of aromatic nitrogens is 6. The number of aliphatic hydroxyl groups is 1. The Morgan fingerprint density at radius 2 is 1.87 bits per heavy atom. The van der Waals surface area contributed by atoms with Gasteiger partial charge < -0.3 is 20.1 Å². The summed E-state index contributed by atoms with van der Waals surface area (Å²) in [5, 5.41) is 18.0. The quantitative estimate of drug-likeness (QED) is 0.251. The molecular formula is C32H37N9O4S2. The van der Waals surface area contributed by atoms with Crippen LogP contribution in [-0.4, -0.2) is 98.8 Å². The summed E-state index contributed by atoms with van der Waals surface area (Å²) >= 11 is 1.61. The van der Waals surface area contributed by atoms with Gasteiger partial charge in [0.05, 0.1) is 65.3 Å². The maximum Gasteiger partial charge on any atom is 0.256 e. The van der Waals surface area contributed by atoms with Gasteiger partial charge in [-0.2, -0.15) is 9.19 Å². The van der Waals surface area contributed by atoms with Crippen LogP contribution < -0.4 is 10.2 Å². The Balaban J connectivity index is 1.12. The molecule has 0 atom stereocenters. The minimum Gasteiger partial charge on any atom is -0.396 e. The topological polar surface area (TPSA) is 151 Å². The van der Waals surface area contributed by atoms with Crippen molar-refractivity contribution in [2.45, 2.75) is 44.4 Å². The molecule has 0 bridgehead atoms. The van der Waals surface area contributed by atoms with Gasteiger partial charge in [0.1, 0.15) is 16.6 Å². The number of pyridine rings is 1. The maximum absolute atomic E-state index is 12.6. The summed E-state index contributed by atoms with van der Waals surface area (Å²) in [6, 6.07) is 3.71. The van der Waals surface area contributed by atoms with E-state index in [9.17, 15) is 13.5 Å². The fraction of sp³-hybridized carbons (Fsp3) is 0.469. The largest absolute Gasteiger partial charge is 0.396 e. The minimum absolute atomic E-state index is 0.0981. The van der Waals surface area contributed by atoms with Gasteiger partial charge in [0, 0.05) is 51.2 Å². The maximum atomic E-state index is 12.6. The molecule has 47 heavy (non-hydrogen) atoms. The van der Waals surface area contributed by atoms with Crippen LogP contribution in [-0.2, 0) is 21.3 Å². The molecule has 3 aliphatic rings. The second kappa shape index (κ2) is 13.3. The summed E-state index contributed by atoms with van der Waals surface area (Å²) in [7, 11) is -3.48. The number of morpholine rings is 1. The Labute approximate surface area is 278 Å². The third-order valence-electron chi connectivity index (χ3n) is 8.85. The van der Waals surface area contributed by atoms with Crippen molar-refractivity contribution < 1.29 is 18.3 Å². The number of rotatable bonds is 9. The van der Waals surface area contributed by atoms with Gasteiger partial charge in [-0.05, 0) is 43.1 Å². The first-order valence-corrected chi connectivity index (χ1v) is 18.1. The normalized spacial score (nSPS) is 18.5. The van der Waals surface area contributed by atoms with E-state index in [2.05, 4.69) is 58.9 Å². The van der Waals surface area contributed by atoms with Gasteiger partial charge in [0.15, 0.2) is 5.82 Å².